The molecule has 0 unspecified atom stereocenters. The number of benzene rings is 1. The Hall–Kier alpha value is -1.23. The van der Waals surface area contributed by atoms with Crippen molar-refractivity contribution >= 4 is 5.82 Å². The summed E-state index contributed by atoms with van der Waals surface area (Å²) in [7, 11) is 0. The van der Waals surface area contributed by atoms with Crippen LogP contribution in [0.4, 0.5) is 19.0 Å². The van der Waals surface area contributed by atoms with E-state index in [2.05, 4.69) is 31.0 Å². The zero-order valence-corrected chi connectivity index (χ0v) is 20.4. The summed E-state index contributed by atoms with van der Waals surface area (Å²) in [6, 6.07) is 3.56. The topological polar surface area (TPSA) is 61.0 Å². The van der Waals surface area contributed by atoms with Crippen molar-refractivity contribution in [3.05, 3.63) is 47.4 Å². The minimum absolute atomic E-state index is 0. The van der Waals surface area contributed by atoms with E-state index in [1.807, 2.05) is 0 Å². The molecule has 0 fully saturated rings. The molecule has 0 atom stereocenters. The Kier molecular flexibility index (Phi) is 9.82. The third kappa shape index (κ3) is 6.13. The molecule has 28 heavy (non-hydrogen) atoms. The Bertz CT molecular complexity index is 780. The Morgan fingerprint density at radius 2 is 1.86 bits per heavy atom. The van der Waals surface area contributed by atoms with Crippen LogP contribution in [0.15, 0.2) is 18.2 Å². The maximum Gasteiger partial charge on any atom is 0.416 e. The summed E-state index contributed by atoms with van der Waals surface area (Å²) in [5.41, 5.74) is 7.96. The van der Waals surface area contributed by atoms with Crippen molar-refractivity contribution in [2.75, 3.05) is 12.3 Å². The van der Waals surface area contributed by atoms with E-state index in [1.54, 1.807) is 0 Å². The van der Waals surface area contributed by atoms with Gasteiger partial charge in [0.15, 0.2) is 0 Å². The van der Waals surface area contributed by atoms with Crippen molar-refractivity contribution in [2.24, 2.45) is 0 Å². The molecule has 2 heterocycles. The number of alkyl halides is 3. The van der Waals surface area contributed by atoms with Crippen LogP contribution in [0.1, 0.15) is 55.4 Å². The van der Waals surface area contributed by atoms with Crippen LogP contribution in [0, 0.1) is 38.0 Å². The van der Waals surface area contributed by atoms with E-state index in [4.69, 9.17) is 10.5 Å². The number of hydrogen-bond donors (Lipinski definition) is 1. The largest absolute Gasteiger partial charge is 0.433 e. The van der Waals surface area contributed by atoms with Gasteiger partial charge in [-0.15, -0.1) is 11.1 Å². The van der Waals surface area contributed by atoms with Crippen LogP contribution in [-0.2, 0) is 23.9 Å². The molecule has 0 saturated heterocycles. The second-order valence-corrected chi connectivity index (χ2v) is 6.42. The van der Waals surface area contributed by atoms with Gasteiger partial charge in [-0.3, -0.25) is 0 Å². The summed E-state index contributed by atoms with van der Waals surface area (Å²) >= 11 is 0. The second-order valence-electron chi connectivity index (χ2n) is 6.42. The molecule has 1 aromatic carbocycles. The molecule has 0 aliphatic carbocycles. The number of hydrogen-bond acceptors (Lipinski definition) is 4. The molecule has 8 heteroatoms. The maximum atomic E-state index is 12.9. The third-order valence-electron chi connectivity index (χ3n) is 4.38. The number of nitrogen functional groups attached to an aromatic ring is 1. The predicted molar refractivity (Wildman–Crippen MR) is 99.9 cm³/mol. The zero-order valence-electron chi connectivity index (χ0n) is 16.2. The second kappa shape index (κ2) is 11.1. The molecule has 0 radical (unpaired) electrons. The number of nitrogens with zero attached hydrogens (tertiary/aromatic N) is 2. The quantitative estimate of drug-likeness (QED) is 0.447. The van der Waals surface area contributed by atoms with E-state index in [-0.39, 0.29) is 43.5 Å². The van der Waals surface area contributed by atoms with Crippen molar-refractivity contribution in [2.45, 2.75) is 52.3 Å². The van der Waals surface area contributed by atoms with Gasteiger partial charge in [-0.25, -0.2) is 5.10 Å². The van der Waals surface area contributed by atoms with Gasteiger partial charge in [0.1, 0.15) is 0 Å². The van der Waals surface area contributed by atoms with Crippen molar-refractivity contribution in [3.8, 4) is 11.3 Å². The Balaban J connectivity index is 0.000000717. The number of nitrogens with two attached hydrogens (primary N) is 1. The first-order valence-electron chi connectivity index (χ1n) is 9.04. The van der Waals surface area contributed by atoms with Gasteiger partial charge in [-0.05, 0) is 29.7 Å². The first-order chi connectivity index (χ1) is 12.8. The van der Waals surface area contributed by atoms with Crippen molar-refractivity contribution in [1.29, 1.82) is 0 Å². The standard InChI is InChI=1S/C16H15F3N3O.C4H10.U/c1-9-12-3-2-6-23-8-10-7-11(16(17,18)19)4-5-13(10)14(12)21-22-15(9)20;1-3-4-2;/h4-5,7H,1-3,6,8H2,(H2,20,22);3-4H2,1-2H3;/q-1;;. The molecule has 152 valence electrons. The molecule has 2 aromatic rings. The van der Waals surface area contributed by atoms with Crippen LogP contribution in [0.2, 0.25) is 0 Å². The number of rotatable bonds is 1. The molecule has 2 N–H and O–H groups in total. The number of aromatic nitrogens is 2. The maximum absolute atomic E-state index is 12.9. The van der Waals surface area contributed by atoms with Gasteiger partial charge in [0.05, 0.1) is 12.2 Å². The van der Waals surface area contributed by atoms with Crippen LogP contribution in [0.5, 0.6) is 0 Å². The summed E-state index contributed by atoms with van der Waals surface area (Å²) < 4.78 is 44.3. The Morgan fingerprint density at radius 1 is 1.18 bits per heavy atom. The first kappa shape index (κ1) is 24.8. The summed E-state index contributed by atoms with van der Waals surface area (Å²) in [6.07, 6.45) is -0.421. The fourth-order valence-corrected chi connectivity index (χ4v) is 2.66. The summed E-state index contributed by atoms with van der Waals surface area (Å²) in [5, 5.41) is 7.97. The van der Waals surface area contributed by atoms with E-state index >= 15 is 0 Å². The minimum atomic E-state index is -4.40. The molecule has 4 nitrogen and oxygen atoms in total. The Labute approximate surface area is 187 Å². The van der Waals surface area contributed by atoms with E-state index in [9.17, 15) is 13.2 Å². The van der Waals surface area contributed by atoms with E-state index in [1.165, 1.54) is 18.9 Å². The SMILES string of the molecule is CCCC.[CH2-]c1c(N)nnc2c1CCCOCc1cc(C(F)(F)F)ccc1-2.[U]. The fourth-order valence-electron chi connectivity index (χ4n) is 2.66. The van der Waals surface area contributed by atoms with Crippen LogP contribution < -0.4 is 5.73 Å². The molecule has 3 rings (SSSR count). The third-order valence-corrected chi connectivity index (χ3v) is 4.38. The summed E-state index contributed by atoms with van der Waals surface area (Å²) in [5.74, 6) is 0.234. The molecule has 1 aliphatic rings. The smallest absolute Gasteiger partial charge is 0.416 e. The van der Waals surface area contributed by atoms with Gasteiger partial charge >= 0.3 is 6.18 Å². The molecule has 0 spiro atoms. The van der Waals surface area contributed by atoms with Crippen molar-refractivity contribution in [1.82, 2.24) is 10.2 Å². The predicted octanol–water partition coefficient (Wildman–Crippen LogP) is 5.20. The molecule has 1 aliphatic heterocycles. The van der Waals surface area contributed by atoms with Crippen LogP contribution >= 0.6 is 0 Å². The van der Waals surface area contributed by atoms with Gasteiger partial charge in [0.2, 0.25) is 0 Å². The molecule has 1 aromatic heterocycles. The van der Waals surface area contributed by atoms with E-state index in [0.29, 0.717) is 41.8 Å². The summed E-state index contributed by atoms with van der Waals surface area (Å²) in [6.45, 7) is 8.81. The van der Waals surface area contributed by atoms with Crippen molar-refractivity contribution in [3.63, 3.8) is 0 Å². The normalized spacial score (nSPS) is 13.5. The minimum Gasteiger partial charge on any atom is -0.433 e. The molecular formula is C20H25F3N3OU-. The average Bonchev–Trinajstić information content (AvgIpc) is 2.72. The van der Waals surface area contributed by atoms with Crippen LogP contribution in [-0.4, -0.2) is 16.8 Å². The fraction of sp³-hybridized carbons (Fsp3) is 0.450. The molecule has 0 bridgehead atoms. The van der Waals surface area contributed by atoms with Crippen LogP contribution in [0.25, 0.3) is 11.3 Å². The van der Waals surface area contributed by atoms with Gasteiger partial charge in [0.25, 0.3) is 0 Å². The van der Waals surface area contributed by atoms with Gasteiger partial charge in [-0.2, -0.15) is 25.2 Å². The number of halogens is 3. The van der Waals surface area contributed by atoms with Gasteiger partial charge in [0, 0.05) is 49.2 Å². The van der Waals surface area contributed by atoms with Gasteiger partial charge < -0.3 is 10.5 Å². The van der Waals surface area contributed by atoms with E-state index in [0.717, 1.165) is 17.7 Å². The number of unbranched alkanes of at least 4 members (excludes halogenated alkanes) is 1. The van der Waals surface area contributed by atoms with Crippen molar-refractivity contribution < 1.29 is 49.0 Å². The monoisotopic (exact) mass is 618 g/mol. The number of fused-ring (bicyclic) bond motifs is 3. The molecular weight excluding hydrogens is 593 g/mol. The molecule has 0 saturated carbocycles. The zero-order chi connectivity index (χ0) is 20.0. The first-order valence-corrected chi connectivity index (χ1v) is 9.04. The van der Waals surface area contributed by atoms with Gasteiger partial charge in [-0.1, -0.05) is 39.2 Å². The number of anilines is 1. The van der Waals surface area contributed by atoms with E-state index < -0.39 is 11.7 Å². The average molecular weight is 618 g/mol. The number of ether oxygens (including phenoxy) is 1. The van der Waals surface area contributed by atoms with Crippen LogP contribution in [0.3, 0.4) is 0 Å². The molecule has 0 amide bonds. The summed E-state index contributed by atoms with van der Waals surface area (Å²) in [4.78, 5) is 0. The Morgan fingerprint density at radius 3 is 2.46 bits per heavy atom.